The summed E-state index contributed by atoms with van der Waals surface area (Å²) in [6.45, 7) is 57.6. The third-order valence-electron chi connectivity index (χ3n) is 15.6. The first kappa shape index (κ1) is 118. The molecule has 6 atom stereocenters. The highest BCUT2D eigenvalue weighted by Gasteiger charge is 2.38. The van der Waals surface area contributed by atoms with Crippen LogP contribution in [0.15, 0.2) is 198 Å². The largest absolute Gasteiger partial charge is 0.508 e. The summed E-state index contributed by atoms with van der Waals surface area (Å²) in [6, 6.07) is 53.1. The summed E-state index contributed by atoms with van der Waals surface area (Å²) in [7, 11) is -3.85. The molecule has 89 heavy (non-hydrogen) atoms. The van der Waals surface area contributed by atoms with Crippen molar-refractivity contribution in [2.24, 2.45) is 0 Å². The van der Waals surface area contributed by atoms with Crippen molar-refractivity contribution < 1.29 is 10.2 Å². The SMILES string of the molecule is C.C.C.C.C.C.C.C.C.C.C.C.C.C.C=C.C=C.C=C.C=C.CCC(CC(CC(C)c1ccc(C)cc1)c1ccc(O)cc1)c1ccc([Si](C)(C)C)cc1.CCC(CC(CC(C)c1ccc(C)cc1)c1ccc(O)cc1)c1ccc([Si](C)(C)[Si](C)(C)C)cc1. The lowest BCUT2D eigenvalue weighted by Crippen LogP contribution is -2.61. The van der Waals surface area contributed by atoms with E-state index in [1.807, 2.05) is 24.3 Å². The highest BCUT2D eigenvalue weighted by atomic mass is 29.3. The molecule has 0 spiro atoms. The first-order chi connectivity index (χ1) is 35.6. The molecule has 6 aromatic rings. The van der Waals surface area contributed by atoms with Gasteiger partial charge in [-0.15, -0.1) is 52.6 Å². The van der Waals surface area contributed by atoms with Crippen molar-refractivity contribution in [3.05, 3.63) is 243 Å². The third kappa shape index (κ3) is 37.5. The van der Waals surface area contributed by atoms with Crippen LogP contribution in [-0.4, -0.2) is 33.5 Å². The predicted molar refractivity (Wildman–Crippen MR) is 441 cm³/mol. The number of phenols is 2. The van der Waals surface area contributed by atoms with Crippen molar-refractivity contribution in [2.75, 3.05) is 0 Å². The topological polar surface area (TPSA) is 40.5 Å². The van der Waals surface area contributed by atoms with Crippen molar-refractivity contribution in [2.45, 2.75) is 272 Å². The van der Waals surface area contributed by atoms with E-state index in [0.717, 1.165) is 38.5 Å². The highest BCUT2D eigenvalue weighted by Crippen LogP contribution is 2.41. The number of aryl methyl sites for hydroxylation is 2. The molecule has 5 heteroatoms. The summed E-state index contributed by atoms with van der Waals surface area (Å²) >= 11 is 0. The second-order valence-electron chi connectivity index (χ2n) is 22.7. The van der Waals surface area contributed by atoms with Gasteiger partial charge in [-0.1, -0.05) is 327 Å². The standard InChI is InChI=1S/C32H46OSi2.C30H40OSi.4C2H4.14CH4/c1-9-26(28-16-20-32(21-17-28)35(7,8)34(4,5)6)23-30(29-14-18-31(33)19-15-29)22-25(3)27-12-10-24(2)11-13-27;1-7-24(26-14-18-30(19-15-26)32(4,5)6)21-28(27-12-16-29(31)17-13-27)20-23(3)25-10-8-22(2)9-11-25;4*1-2;;;;;;;;;;;;;;/h10-21,25-26,30,33H,9,22-23H2,1-8H3;8-19,23-24,28,31H,7,20-21H2,1-6H3;4*1-2H2;14*1H4. The summed E-state index contributed by atoms with van der Waals surface area (Å²) in [6.07, 6.45) is 6.76. The van der Waals surface area contributed by atoms with E-state index >= 15 is 0 Å². The average Bonchev–Trinajstić information content (AvgIpc) is 3.41. The maximum absolute atomic E-state index is 9.89. The number of rotatable bonds is 19. The maximum Gasteiger partial charge on any atom is 0.115 e. The van der Waals surface area contributed by atoms with Gasteiger partial charge in [-0.05, 0) is 146 Å². The van der Waals surface area contributed by atoms with E-state index in [0.29, 0.717) is 47.0 Å². The Hall–Kier alpha value is -5.47. The van der Waals surface area contributed by atoms with Crippen molar-refractivity contribution in [3.63, 3.8) is 0 Å². The molecule has 0 aliphatic carbocycles. The number of hydrogen-bond donors (Lipinski definition) is 2. The van der Waals surface area contributed by atoms with Crippen molar-refractivity contribution >= 4 is 33.6 Å². The Labute approximate surface area is 566 Å². The zero-order valence-electron chi connectivity index (χ0n) is 49.6. The molecule has 518 valence electrons. The van der Waals surface area contributed by atoms with Crippen LogP contribution in [0.1, 0.15) is 250 Å². The van der Waals surface area contributed by atoms with Crippen LogP contribution in [-0.2, 0) is 0 Å². The van der Waals surface area contributed by atoms with Gasteiger partial charge < -0.3 is 10.2 Å². The average molecular weight is 1280 g/mol. The van der Waals surface area contributed by atoms with Crippen molar-refractivity contribution in [3.8, 4) is 11.5 Å². The van der Waals surface area contributed by atoms with Crippen LogP contribution in [0.4, 0.5) is 0 Å². The minimum absolute atomic E-state index is 0. The van der Waals surface area contributed by atoms with Gasteiger partial charge >= 0.3 is 0 Å². The highest BCUT2D eigenvalue weighted by molar-refractivity contribution is 7.45. The Balaban J connectivity index is -0.0000000830. The molecular weight excluding hydrogens is 1130 g/mol. The van der Waals surface area contributed by atoms with Crippen LogP contribution >= 0.6 is 0 Å². The summed E-state index contributed by atoms with van der Waals surface area (Å²) in [5.74, 6) is 3.63. The molecule has 0 aromatic heterocycles. The molecular formula is C84H158O2Si3. The number of phenolic OH excluding ortho intramolecular Hbond substituents is 2. The molecule has 2 N–H and O–H groups in total. The van der Waals surface area contributed by atoms with Gasteiger partial charge in [0.05, 0.1) is 15.7 Å². The predicted octanol–water partition coefficient (Wildman–Crippen LogP) is 29.1. The van der Waals surface area contributed by atoms with Gasteiger partial charge in [-0.2, -0.15) is 0 Å². The van der Waals surface area contributed by atoms with Crippen LogP contribution < -0.4 is 10.4 Å². The van der Waals surface area contributed by atoms with Crippen LogP contribution in [0.2, 0.25) is 52.4 Å². The number of benzene rings is 6. The van der Waals surface area contributed by atoms with Gasteiger partial charge in [0.15, 0.2) is 0 Å². The van der Waals surface area contributed by atoms with Crippen LogP contribution in [0.25, 0.3) is 0 Å². The number of hydrogen-bond acceptors (Lipinski definition) is 2. The molecule has 0 fully saturated rings. The molecule has 6 rings (SSSR count). The zero-order valence-corrected chi connectivity index (χ0v) is 52.6. The Morgan fingerprint density at radius 1 is 0.303 bits per heavy atom. The van der Waals surface area contributed by atoms with E-state index in [2.05, 4.69) is 268 Å². The van der Waals surface area contributed by atoms with Crippen LogP contribution in [0, 0.1) is 13.8 Å². The quantitative estimate of drug-likeness (QED) is 0.0627. The molecule has 6 aromatic carbocycles. The van der Waals surface area contributed by atoms with Crippen LogP contribution in [0.3, 0.4) is 0 Å². The lowest BCUT2D eigenvalue weighted by molar-refractivity contribution is 0.462. The fourth-order valence-electron chi connectivity index (χ4n) is 9.77. The summed E-state index contributed by atoms with van der Waals surface area (Å²) in [5, 5.41) is 22.8. The molecule has 0 amide bonds. The Kier molecular flexibility index (Phi) is 77.9. The van der Waals surface area contributed by atoms with E-state index in [4.69, 9.17) is 0 Å². The first-order valence-corrected chi connectivity index (χ1v) is 38.5. The fraction of sp³-hybridized carbons (Fsp3) is 0.476. The summed E-state index contributed by atoms with van der Waals surface area (Å²) < 4.78 is 0. The van der Waals surface area contributed by atoms with Gasteiger partial charge in [0, 0.05) is 7.59 Å². The lowest BCUT2D eigenvalue weighted by atomic mass is 9.78. The number of aromatic hydroxyl groups is 2. The summed E-state index contributed by atoms with van der Waals surface area (Å²) in [4.78, 5) is 0. The molecule has 0 aliphatic rings. The molecule has 0 saturated carbocycles. The smallest absolute Gasteiger partial charge is 0.115 e. The molecule has 0 aliphatic heterocycles. The van der Waals surface area contributed by atoms with Gasteiger partial charge in [-0.3, -0.25) is 0 Å². The van der Waals surface area contributed by atoms with E-state index in [1.165, 1.54) is 49.7 Å². The second kappa shape index (κ2) is 58.9. The fourth-order valence-corrected chi connectivity index (χ4v) is 15.9. The molecule has 0 saturated heterocycles. The Morgan fingerprint density at radius 2 is 0.517 bits per heavy atom. The Morgan fingerprint density at radius 3 is 0.742 bits per heavy atom. The normalized spacial score (nSPS) is 11.3. The van der Waals surface area contributed by atoms with Crippen molar-refractivity contribution in [1.82, 2.24) is 0 Å². The summed E-state index contributed by atoms with van der Waals surface area (Å²) in [5.41, 5.74) is 11.0. The Bertz CT molecular complexity index is 2440. The molecule has 0 heterocycles. The van der Waals surface area contributed by atoms with E-state index in [1.54, 1.807) is 5.19 Å². The molecule has 6 unspecified atom stereocenters. The lowest BCUT2D eigenvalue weighted by Gasteiger charge is -2.36. The zero-order chi connectivity index (χ0) is 57.1. The minimum Gasteiger partial charge on any atom is -0.508 e. The molecule has 0 radical (unpaired) electrons. The van der Waals surface area contributed by atoms with Crippen molar-refractivity contribution in [1.29, 1.82) is 0 Å². The van der Waals surface area contributed by atoms with Gasteiger partial charge in [0.2, 0.25) is 0 Å². The van der Waals surface area contributed by atoms with E-state index in [9.17, 15) is 10.2 Å². The van der Waals surface area contributed by atoms with E-state index in [-0.39, 0.29) is 104 Å². The van der Waals surface area contributed by atoms with Gasteiger partial charge in [-0.25, -0.2) is 0 Å². The third-order valence-corrected chi connectivity index (χ3v) is 35.4. The molecule has 0 bridgehead atoms. The monoisotopic (exact) mass is 1280 g/mol. The van der Waals surface area contributed by atoms with Gasteiger partial charge in [0.1, 0.15) is 11.5 Å². The van der Waals surface area contributed by atoms with Gasteiger partial charge in [0.25, 0.3) is 0 Å². The molecule has 2 nitrogen and oxygen atoms in total. The van der Waals surface area contributed by atoms with E-state index < -0.39 is 23.3 Å². The second-order valence-corrected chi connectivity index (χ2v) is 44.4. The minimum atomic E-state index is -1.39. The first-order valence-electron chi connectivity index (χ1n) is 27.5. The van der Waals surface area contributed by atoms with Crippen LogP contribution in [0.5, 0.6) is 11.5 Å². The maximum atomic E-state index is 9.89.